The molecule has 0 radical (unpaired) electrons. The molecule has 26 heavy (non-hydrogen) atoms. The number of aldehydes is 1. The van der Waals surface area contributed by atoms with E-state index in [1.807, 2.05) is 37.3 Å². The molecule has 0 aliphatic heterocycles. The summed E-state index contributed by atoms with van der Waals surface area (Å²) in [5, 5.41) is 19.1. The van der Waals surface area contributed by atoms with Crippen LogP contribution in [0.25, 0.3) is 22.0 Å². The van der Waals surface area contributed by atoms with Crippen LogP contribution in [0.4, 0.5) is 0 Å². The second kappa shape index (κ2) is 7.79. The number of pyridine rings is 1. The highest BCUT2D eigenvalue weighted by molar-refractivity contribution is 5.99. The van der Waals surface area contributed by atoms with Gasteiger partial charge in [0.05, 0.1) is 11.6 Å². The molecule has 0 spiro atoms. The third-order valence-electron chi connectivity index (χ3n) is 4.45. The molecule has 0 unspecified atom stereocenters. The highest BCUT2D eigenvalue weighted by Crippen LogP contribution is 2.30. The number of fused-ring (bicyclic) bond motifs is 1. The smallest absolute Gasteiger partial charge is 0.150 e. The molecule has 3 rings (SSSR count). The predicted molar refractivity (Wildman–Crippen MR) is 102 cm³/mol. The minimum atomic E-state index is 0.210. The Hall–Kier alpha value is -3.19. The van der Waals surface area contributed by atoms with E-state index in [4.69, 9.17) is 10.2 Å². The lowest BCUT2D eigenvalue weighted by Crippen LogP contribution is -1.98. The maximum Gasteiger partial charge on any atom is 0.150 e. The molecule has 4 heteroatoms. The average Bonchev–Trinajstić information content (AvgIpc) is 2.64. The molecule has 1 heterocycles. The van der Waals surface area contributed by atoms with Crippen LogP contribution in [-0.4, -0.2) is 16.4 Å². The second-order valence-corrected chi connectivity index (χ2v) is 6.43. The summed E-state index contributed by atoms with van der Waals surface area (Å²) in [5.41, 5.74) is 5.29. The molecular weight excluding hydrogens is 324 g/mol. The molecular formula is C22H20N2O2. The molecule has 3 aromatic rings. The molecule has 130 valence electrons. The lowest BCUT2D eigenvalue weighted by atomic mass is 9.96. The minimum absolute atomic E-state index is 0.210. The first-order valence-corrected chi connectivity index (χ1v) is 8.68. The summed E-state index contributed by atoms with van der Waals surface area (Å²) in [6, 6.07) is 15.0. The lowest BCUT2D eigenvalue weighted by Gasteiger charge is -2.13. The summed E-state index contributed by atoms with van der Waals surface area (Å²) < 4.78 is 0. The normalized spacial score (nSPS) is 10.6. The number of hydrogen-bond acceptors (Lipinski definition) is 4. The Morgan fingerprint density at radius 3 is 2.62 bits per heavy atom. The van der Waals surface area contributed by atoms with Gasteiger partial charge in [-0.1, -0.05) is 12.1 Å². The Bertz CT molecular complexity index is 986. The topological polar surface area (TPSA) is 74.0 Å². The van der Waals surface area contributed by atoms with Gasteiger partial charge in [-0.05, 0) is 67.6 Å². The van der Waals surface area contributed by atoms with Gasteiger partial charge in [-0.3, -0.25) is 9.78 Å². The van der Waals surface area contributed by atoms with Crippen LogP contribution in [0.1, 0.15) is 40.9 Å². The average molecular weight is 344 g/mol. The van der Waals surface area contributed by atoms with Gasteiger partial charge in [0.2, 0.25) is 0 Å². The monoisotopic (exact) mass is 344 g/mol. The highest BCUT2D eigenvalue weighted by Gasteiger charge is 2.12. The van der Waals surface area contributed by atoms with Crippen molar-refractivity contribution in [3.8, 4) is 22.9 Å². The predicted octanol–water partition coefficient (Wildman–Crippen LogP) is 4.96. The van der Waals surface area contributed by atoms with Crippen molar-refractivity contribution >= 4 is 17.2 Å². The highest BCUT2D eigenvalue weighted by atomic mass is 16.3. The van der Waals surface area contributed by atoms with Gasteiger partial charge >= 0.3 is 0 Å². The Morgan fingerprint density at radius 1 is 1.15 bits per heavy atom. The Labute approximate surface area is 152 Å². The van der Waals surface area contributed by atoms with Gasteiger partial charge < -0.3 is 5.11 Å². The van der Waals surface area contributed by atoms with Crippen LogP contribution >= 0.6 is 0 Å². The molecule has 0 aliphatic rings. The molecule has 0 amide bonds. The van der Waals surface area contributed by atoms with E-state index in [0.29, 0.717) is 12.0 Å². The Kier molecular flexibility index (Phi) is 5.28. The number of benzene rings is 2. The van der Waals surface area contributed by atoms with E-state index in [2.05, 4.69) is 6.07 Å². The summed E-state index contributed by atoms with van der Waals surface area (Å²) in [6.45, 7) is 1.95. The molecule has 0 bridgehead atoms. The van der Waals surface area contributed by atoms with Crippen LogP contribution in [0.3, 0.4) is 0 Å². The number of nitrogens with zero attached hydrogens (tertiary/aromatic N) is 2. The van der Waals surface area contributed by atoms with Crippen molar-refractivity contribution < 1.29 is 9.90 Å². The van der Waals surface area contributed by atoms with Gasteiger partial charge in [0.15, 0.2) is 6.29 Å². The quantitative estimate of drug-likeness (QED) is 0.506. The Morgan fingerprint density at radius 2 is 1.92 bits per heavy atom. The summed E-state index contributed by atoms with van der Waals surface area (Å²) in [5.74, 6) is 0.210. The first kappa shape index (κ1) is 17.6. The largest absolute Gasteiger partial charge is 0.508 e. The molecule has 2 aromatic carbocycles. The number of phenols is 1. The van der Waals surface area contributed by atoms with Gasteiger partial charge in [0, 0.05) is 28.6 Å². The third-order valence-corrected chi connectivity index (χ3v) is 4.45. The number of aromatic nitrogens is 1. The maximum atomic E-state index is 11.5. The fraction of sp³-hybridized carbons (Fsp3) is 0.227. The number of carbonyl (C=O) groups is 1. The number of hydrogen-bond donors (Lipinski definition) is 1. The number of unbranched alkanes of at least 4 members (excludes halogenated alkanes) is 2. The van der Waals surface area contributed by atoms with E-state index in [0.717, 1.165) is 58.8 Å². The SMILES string of the molecule is Cc1cc(C=O)c2cc(-c3ccc(O)cc3)c(CCCCC#N)nc2c1. The fourth-order valence-corrected chi connectivity index (χ4v) is 3.16. The fourth-order valence-electron chi connectivity index (χ4n) is 3.16. The van der Waals surface area contributed by atoms with Gasteiger partial charge in [0.1, 0.15) is 5.75 Å². The molecule has 0 saturated carbocycles. The number of nitriles is 1. The number of aromatic hydroxyl groups is 1. The van der Waals surface area contributed by atoms with E-state index in [1.54, 1.807) is 12.1 Å². The van der Waals surface area contributed by atoms with Gasteiger partial charge in [-0.2, -0.15) is 5.26 Å². The minimum Gasteiger partial charge on any atom is -0.508 e. The number of rotatable bonds is 6. The molecule has 0 aliphatic carbocycles. The molecule has 4 nitrogen and oxygen atoms in total. The van der Waals surface area contributed by atoms with Crippen molar-refractivity contribution in [3.05, 3.63) is 59.3 Å². The molecule has 1 aromatic heterocycles. The summed E-state index contributed by atoms with van der Waals surface area (Å²) in [4.78, 5) is 16.3. The van der Waals surface area contributed by atoms with Crippen molar-refractivity contribution in [2.24, 2.45) is 0 Å². The Balaban J connectivity index is 2.14. The first-order chi connectivity index (χ1) is 12.6. The van der Waals surface area contributed by atoms with Crippen molar-refractivity contribution in [2.45, 2.75) is 32.6 Å². The molecule has 0 atom stereocenters. The van der Waals surface area contributed by atoms with E-state index in [1.165, 1.54) is 0 Å². The summed E-state index contributed by atoms with van der Waals surface area (Å²) >= 11 is 0. The van der Waals surface area contributed by atoms with Gasteiger partial charge in [-0.15, -0.1) is 0 Å². The maximum absolute atomic E-state index is 11.5. The standard InChI is InChI=1S/C22H20N2O2/c1-15-11-17(14-25)20-13-19(16-6-8-18(26)9-7-16)21(24-22(20)12-15)5-3-2-4-10-23/h6-9,11-14,26H,2-5H2,1H3. The number of aryl methyl sites for hydroxylation is 2. The van der Waals surface area contributed by atoms with Crippen LogP contribution in [-0.2, 0) is 6.42 Å². The molecule has 1 N–H and O–H groups in total. The number of phenolic OH excluding ortho intramolecular Hbond substituents is 1. The first-order valence-electron chi connectivity index (χ1n) is 8.68. The van der Waals surface area contributed by atoms with Gasteiger partial charge in [-0.25, -0.2) is 0 Å². The summed E-state index contributed by atoms with van der Waals surface area (Å²) in [7, 11) is 0. The van der Waals surface area contributed by atoms with Crippen molar-refractivity contribution in [1.29, 1.82) is 5.26 Å². The molecule has 0 fully saturated rings. The zero-order chi connectivity index (χ0) is 18.5. The van der Waals surface area contributed by atoms with E-state index in [-0.39, 0.29) is 5.75 Å². The molecule has 0 saturated heterocycles. The van der Waals surface area contributed by atoms with Gasteiger partial charge in [0.25, 0.3) is 0 Å². The van der Waals surface area contributed by atoms with Crippen LogP contribution in [0.15, 0.2) is 42.5 Å². The zero-order valence-corrected chi connectivity index (χ0v) is 14.7. The van der Waals surface area contributed by atoms with E-state index >= 15 is 0 Å². The lowest BCUT2D eigenvalue weighted by molar-refractivity contribution is 0.112. The van der Waals surface area contributed by atoms with Crippen LogP contribution in [0.2, 0.25) is 0 Å². The van der Waals surface area contributed by atoms with Crippen LogP contribution in [0.5, 0.6) is 5.75 Å². The van der Waals surface area contributed by atoms with E-state index in [9.17, 15) is 9.90 Å². The van der Waals surface area contributed by atoms with Crippen molar-refractivity contribution in [1.82, 2.24) is 4.98 Å². The van der Waals surface area contributed by atoms with Crippen LogP contribution < -0.4 is 0 Å². The zero-order valence-electron chi connectivity index (χ0n) is 14.7. The van der Waals surface area contributed by atoms with Crippen molar-refractivity contribution in [2.75, 3.05) is 0 Å². The second-order valence-electron chi connectivity index (χ2n) is 6.43. The number of carbonyl (C=O) groups excluding carboxylic acids is 1. The van der Waals surface area contributed by atoms with E-state index < -0.39 is 0 Å². The van der Waals surface area contributed by atoms with Crippen LogP contribution in [0, 0.1) is 18.3 Å². The third kappa shape index (κ3) is 3.73. The summed E-state index contributed by atoms with van der Waals surface area (Å²) in [6.07, 6.45) is 3.88. The van der Waals surface area contributed by atoms with Crippen molar-refractivity contribution in [3.63, 3.8) is 0 Å².